The zero-order chi connectivity index (χ0) is 39.2. The van der Waals surface area contributed by atoms with Gasteiger partial charge in [0.1, 0.15) is 6.61 Å². The highest BCUT2D eigenvalue weighted by atomic mass is 31.2. The van der Waals surface area contributed by atoms with Crippen LogP contribution in [-0.4, -0.2) is 116 Å². The Morgan fingerprint density at radius 3 is 1.18 bits per heavy atom. The van der Waals surface area contributed by atoms with Crippen LogP contribution in [0.2, 0.25) is 0 Å². The maximum absolute atomic E-state index is 14.7. The average Bonchev–Trinajstić information content (AvgIpc) is 3.06. The number of unbranched alkanes of at least 4 members (excludes halogenated alkanes) is 8. The van der Waals surface area contributed by atoms with Crippen LogP contribution < -0.4 is 0 Å². The molecule has 0 spiro atoms. The molecule has 0 amide bonds. The summed E-state index contributed by atoms with van der Waals surface area (Å²) in [6.07, 6.45) is 0.676. The SMILES string of the molecule is CCCCCCCCCCCC(F)(F)C(F)(F)C(F)(F)C(F)(F)C(F)(F)C(F)(F)C(F)(F)C(F)(F)COP(=O)(N1CCOCC1)N1CCOCC1. The number of ether oxygens (including phenoxy) is 2. The topological polar surface area (TPSA) is 51.2 Å². The lowest BCUT2D eigenvalue weighted by atomic mass is 9.86. The van der Waals surface area contributed by atoms with E-state index in [0.29, 0.717) is 12.8 Å². The van der Waals surface area contributed by atoms with E-state index in [2.05, 4.69) is 4.52 Å². The third kappa shape index (κ3) is 9.07. The summed E-state index contributed by atoms with van der Waals surface area (Å²) in [5, 5.41) is 0. The zero-order valence-corrected chi connectivity index (χ0v) is 28.4. The van der Waals surface area contributed by atoms with E-state index in [0.717, 1.165) is 35.0 Å². The number of hydrogen-bond acceptors (Lipinski definition) is 4. The van der Waals surface area contributed by atoms with E-state index in [1.165, 1.54) is 0 Å². The van der Waals surface area contributed by atoms with Crippen molar-refractivity contribution in [2.45, 2.75) is 119 Å². The van der Waals surface area contributed by atoms with Crippen LogP contribution in [0.25, 0.3) is 0 Å². The molecule has 2 heterocycles. The van der Waals surface area contributed by atoms with Gasteiger partial charge >= 0.3 is 55.1 Å². The van der Waals surface area contributed by atoms with Crippen molar-refractivity contribution in [3.8, 4) is 0 Å². The van der Waals surface area contributed by atoms with Crippen LogP contribution in [0.3, 0.4) is 0 Å². The molecule has 51 heavy (non-hydrogen) atoms. The van der Waals surface area contributed by atoms with E-state index in [1.807, 2.05) is 6.92 Å². The first kappa shape index (κ1) is 46.1. The smallest absolute Gasteiger partial charge is 0.379 e. The molecule has 304 valence electrons. The van der Waals surface area contributed by atoms with Crippen molar-refractivity contribution < 1.29 is 88.8 Å². The summed E-state index contributed by atoms with van der Waals surface area (Å²) < 4.78 is 261. The summed E-state index contributed by atoms with van der Waals surface area (Å²) in [5.74, 6) is -62.0. The molecular formula is C28H41F16N2O4P. The predicted molar refractivity (Wildman–Crippen MR) is 150 cm³/mol. The van der Waals surface area contributed by atoms with Crippen molar-refractivity contribution in [3.05, 3.63) is 0 Å². The summed E-state index contributed by atoms with van der Waals surface area (Å²) in [7, 11) is -4.94. The number of hydrogen-bond donors (Lipinski definition) is 0. The highest BCUT2D eigenvalue weighted by Gasteiger charge is 2.94. The average molecular weight is 805 g/mol. The molecular weight excluding hydrogens is 763 g/mol. The van der Waals surface area contributed by atoms with Gasteiger partial charge in [-0.2, -0.15) is 70.2 Å². The van der Waals surface area contributed by atoms with Gasteiger partial charge in [-0.3, -0.25) is 9.09 Å². The molecule has 2 fully saturated rings. The summed E-state index contributed by atoms with van der Waals surface area (Å²) >= 11 is 0. The Balaban J connectivity index is 2.29. The molecule has 0 aromatic carbocycles. The Kier molecular flexibility index (Phi) is 15.5. The zero-order valence-electron chi connectivity index (χ0n) is 27.5. The van der Waals surface area contributed by atoms with Crippen LogP contribution in [0.15, 0.2) is 0 Å². The van der Waals surface area contributed by atoms with Crippen LogP contribution in [0.1, 0.15) is 71.1 Å². The van der Waals surface area contributed by atoms with E-state index in [9.17, 15) is 74.8 Å². The number of rotatable bonds is 22. The maximum Gasteiger partial charge on any atom is 0.385 e. The van der Waals surface area contributed by atoms with Gasteiger partial charge in [-0.05, 0) is 6.42 Å². The highest BCUT2D eigenvalue weighted by Crippen LogP contribution is 2.65. The number of halogens is 16. The first-order valence-corrected chi connectivity index (χ1v) is 17.7. The van der Waals surface area contributed by atoms with Crippen LogP contribution in [-0.2, 0) is 18.6 Å². The molecule has 0 aliphatic carbocycles. The fourth-order valence-corrected chi connectivity index (χ4v) is 7.63. The molecule has 0 aromatic heterocycles. The second kappa shape index (κ2) is 17.1. The van der Waals surface area contributed by atoms with Crippen molar-refractivity contribution in [3.63, 3.8) is 0 Å². The normalized spacial score (nSPS) is 19.2. The number of morpholine rings is 2. The van der Waals surface area contributed by atoms with Crippen molar-refractivity contribution >= 4 is 7.67 Å². The minimum Gasteiger partial charge on any atom is -0.379 e. The van der Waals surface area contributed by atoms with Crippen LogP contribution in [0, 0.1) is 0 Å². The fraction of sp³-hybridized carbons (Fsp3) is 1.00. The van der Waals surface area contributed by atoms with E-state index in [4.69, 9.17) is 9.47 Å². The molecule has 0 atom stereocenters. The van der Waals surface area contributed by atoms with Gasteiger partial charge < -0.3 is 9.47 Å². The van der Waals surface area contributed by atoms with Gasteiger partial charge in [0, 0.05) is 32.6 Å². The largest absolute Gasteiger partial charge is 0.385 e. The van der Waals surface area contributed by atoms with Gasteiger partial charge in [-0.1, -0.05) is 58.3 Å². The lowest BCUT2D eigenvalue weighted by Gasteiger charge is -2.44. The van der Waals surface area contributed by atoms with Crippen LogP contribution >= 0.6 is 7.67 Å². The molecule has 2 saturated heterocycles. The molecule has 0 radical (unpaired) electrons. The number of nitrogens with zero attached hydrogens (tertiary/aromatic N) is 2. The molecule has 23 heteroatoms. The molecule has 2 aliphatic rings. The van der Waals surface area contributed by atoms with Gasteiger partial charge in [0.05, 0.1) is 26.4 Å². The molecule has 0 saturated carbocycles. The summed E-state index contributed by atoms with van der Waals surface area (Å²) in [4.78, 5) is 0. The molecule has 2 rings (SSSR count). The fourth-order valence-electron chi connectivity index (χ4n) is 5.27. The minimum atomic E-state index is -8.54. The third-order valence-corrected chi connectivity index (χ3v) is 11.3. The highest BCUT2D eigenvalue weighted by molar-refractivity contribution is 7.54. The Hall–Kier alpha value is -1.09. The van der Waals surface area contributed by atoms with Gasteiger partial charge in [0.15, 0.2) is 0 Å². The first-order chi connectivity index (χ1) is 23.2. The Bertz CT molecular complexity index is 1110. The lowest BCUT2D eigenvalue weighted by Crippen LogP contribution is -2.75. The van der Waals surface area contributed by atoms with Gasteiger partial charge in [-0.15, -0.1) is 0 Å². The van der Waals surface area contributed by atoms with Crippen LogP contribution in [0.5, 0.6) is 0 Å². The van der Waals surface area contributed by atoms with E-state index < -0.39 is 74.5 Å². The van der Waals surface area contributed by atoms with E-state index >= 15 is 0 Å². The van der Waals surface area contributed by atoms with E-state index in [-0.39, 0.29) is 65.4 Å². The van der Waals surface area contributed by atoms with E-state index in [1.54, 1.807) is 0 Å². The van der Waals surface area contributed by atoms with Gasteiger partial charge in [0.25, 0.3) is 0 Å². The Morgan fingerprint density at radius 1 is 0.490 bits per heavy atom. The monoisotopic (exact) mass is 804 g/mol. The standard InChI is InChI=1S/C28H41F16N2O4P/c1-2-3-4-5-6-7-8-9-10-11-21(29,30)23(33,34)25(37,38)27(41,42)28(43,44)26(39,40)24(35,36)22(31,32)20-50-51(47,45-12-16-48-17-13-45)46-14-18-49-19-15-46/h2-20H2,1H3. The minimum absolute atomic E-state index is 0.0893. The Morgan fingerprint density at radius 2 is 0.804 bits per heavy atom. The summed E-state index contributed by atoms with van der Waals surface area (Å²) in [5.41, 5.74) is 0. The lowest BCUT2D eigenvalue weighted by molar-refractivity contribution is -0.454. The van der Waals surface area contributed by atoms with Crippen LogP contribution in [0.4, 0.5) is 70.2 Å². The first-order valence-electron chi connectivity index (χ1n) is 16.2. The quantitative estimate of drug-likeness (QED) is 0.0618. The van der Waals surface area contributed by atoms with Crippen molar-refractivity contribution in [1.29, 1.82) is 0 Å². The molecule has 2 aliphatic heterocycles. The molecule has 0 unspecified atom stereocenters. The molecule has 0 aromatic rings. The maximum atomic E-state index is 14.7. The predicted octanol–water partition coefficient (Wildman–Crippen LogP) is 9.78. The summed E-state index contributed by atoms with van der Waals surface area (Å²) in [6, 6.07) is 0. The molecule has 0 N–H and O–H groups in total. The van der Waals surface area contributed by atoms with Gasteiger partial charge in [0.2, 0.25) is 0 Å². The second-order valence-corrected chi connectivity index (χ2v) is 14.7. The van der Waals surface area contributed by atoms with Gasteiger partial charge in [-0.25, -0.2) is 9.34 Å². The van der Waals surface area contributed by atoms with Crippen molar-refractivity contribution in [1.82, 2.24) is 9.34 Å². The molecule has 0 bridgehead atoms. The third-order valence-electron chi connectivity index (χ3n) is 8.59. The second-order valence-electron chi connectivity index (χ2n) is 12.3. The van der Waals surface area contributed by atoms with Crippen molar-refractivity contribution in [2.75, 3.05) is 59.2 Å². The molecule has 6 nitrogen and oxygen atoms in total. The summed E-state index contributed by atoms with van der Waals surface area (Å²) in [6.45, 7) is -3.73. The Labute approximate surface area is 284 Å². The number of alkyl halides is 16. The van der Waals surface area contributed by atoms with Crippen molar-refractivity contribution in [2.24, 2.45) is 0 Å².